The van der Waals surface area contributed by atoms with Gasteiger partial charge >= 0.3 is 0 Å². The molecule has 32 heavy (non-hydrogen) atoms. The van der Waals surface area contributed by atoms with Crippen LogP contribution in [-0.2, 0) is 0 Å². The van der Waals surface area contributed by atoms with Crippen LogP contribution in [0.2, 0.25) is 0 Å². The molecule has 0 aliphatic rings. The molecule has 0 unspecified atom stereocenters. The molecule has 3 aromatic carbocycles. The minimum absolute atomic E-state index is 0.642. The molecule has 4 rings (SSSR count). The largest absolute Gasteiger partial charge is 0.496 e. The second-order valence-electron chi connectivity index (χ2n) is 8.00. The Bertz CT molecular complexity index is 1350. The number of hydrogen-bond acceptors (Lipinski definition) is 4. The zero-order valence-electron chi connectivity index (χ0n) is 19.6. The second kappa shape index (κ2) is 8.91. The van der Waals surface area contributed by atoms with Crippen molar-refractivity contribution in [2.24, 2.45) is 4.99 Å². The zero-order chi connectivity index (χ0) is 22.8. The molecule has 0 aliphatic heterocycles. The Morgan fingerprint density at radius 3 is 2.16 bits per heavy atom. The molecule has 0 amide bonds. The third-order valence-corrected chi connectivity index (χ3v) is 5.80. The molecule has 4 nitrogen and oxygen atoms in total. The van der Waals surface area contributed by atoms with Crippen LogP contribution in [0, 0.1) is 27.7 Å². The Hall–Kier alpha value is -3.53. The van der Waals surface area contributed by atoms with E-state index in [-0.39, 0.29) is 0 Å². The highest BCUT2D eigenvalue weighted by Crippen LogP contribution is 2.34. The normalized spacial score (nSPS) is 11.8. The highest BCUT2D eigenvalue weighted by molar-refractivity contribution is 5.93. The van der Waals surface area contributed by atoms with Crippen LogP contribution in [0.3, 0.4) is 0 Å². The lowest BCUT2D eigenvalue weighted by molar-refractivity contribution is 0.340. The summed E-state index contributed by atoms with van der Waals surface area (Å²) in [6, 6.07) is 18.5. The molecule has 4 aromatic rings. The second-order valence-corrected chi connectivity index (χ2v) is 8.00. The van der Waals surface area contributed by atoms with Crippen LogP contribution in [0.1, 0.15) is 29.6 Å². The lowest BCUT2D eigenvalue weighted by atomic mass is 10.1. The molecular weight excluding hydrogens is 398 g/mol. The SMILES string of the molecule is CCOc1ccc(-c2cc(OC)c3c(C)oc(C)c3c(=Nc3ccc(C)c(C)c3)c2)cc1. The fraction of sp³-hybridized carbons (Fsp3) is 0.250. The van der Waals surface area contributed by atoms with Gasteiger partial charge in [0.25, 0.3) is 0 Å². The van der Waals surface area contributed by atoms with Crippen molar-refractivity contribution in [3.63, 3.8) is 0 Å². The van der Waals surface area contributed by atoms with Crippen LogP contribution in [-0.4, -0.2) is 13.7 Å². The Balaban J connectivity index is 2.04. The van der Waals surface area contributed by atoms with Gasteiger partial charge < -0.3 is 13.9 Å². The molecule has 0 saturated heterocycles. The van der Waals surface area contributed by atoms with Gasteiger partial charge in [0.1, 0.15) is 23.0 Å². The average molecular weight is 428 g/mol. The maximum Gasteiger partial charge on any atom is 0.130 e. The molecule has 0 atom stereocenters. The first kappa shape index (κ1) is 21.7. The Morgan fingerprint density at radius 1 is 0.781 bits per heavy atom. The fourth-order valence-corrected chi connectivity index (χ4v) is 4.02. The number of fused-ring (bicyclic) bond motifs is 1. The van der Waals surface area contributed by atoms with Gasteiger partial charge in [0, 0.05) is 0 Å². The van der Waals surface area contributed by atoms with Crippen LogP contribution in [0.25, 0.3) is 21.9 Å². The molecule has 0 spiro atoms. The predicted octanol–water partition coefficient (Wildman–Crippen LogP) is 6.97. The van der Waals surface area contributed by atoms with Crippen molar-refractivity contribution in [2.75, 3.05) is 13.7 Å². The van der Waals surface area contributed by atoms with Crippen LogP contribution in [0.5, 0.6) is 11.5 Å². The first-order valence-electron chi connectivity index (χ1n) is 10.9. The van der Waals surface area contributed by atoms with Crippen LogP contribution in [0.4, 0.5) is 5.69 Å². The van der Waals surface area contributed by atoms with E-state index in [1.807, 2.05) is 32.9 Å². The Kier molecular flexibility index (Phi) is 6.04. The lowest BCUT2D eigenvalue weighted by Crippen LogP contribution is -2.00. The predicted molar refractivity (Wildman–Crippen MR) is 130 cm³/mol. The molecule has 0 saturated carbocycles. The summed E-state index contributed by atoms with van der Waals surface area (Å²) in [7, 11) is 1.69. The smallest absolute Gasteiger partial charge is 0.130 e. The standard InChI is InChI=1S/C28H29NO3/c1-7-31-24-12-9-21(10-13-24)22-15-25(29-23-11-8-17(2)18(3)14-23)27-19(4)32-20(5)28(27)26(16-22)30-6/h8-16H,7H2,1-6H3. The van der Waals surface area contributed by atoms with Gasteiger partial charge in [-0.2, -0.15) is 0 Å². The van der Waals surface area contributed by atoms with Gasteiger partial charge in [-0.3, -0.25) is 0 Å². The summed E-state index contributed by atoms with van der Waals surface area (Å²) >= 11 is 0. The summed E-state index contributed by atoms with van der Waals surface area (Å²) in [5.74, 6) is 3.26. The van der Waals surface area contributed by atoms with E-state index in [1.54, 1.807) is 7.11 Å². The fourth-order valence-electron chi connectivity index (χ4n) is 4.02. The zero-order valence-corrected chi connectivity index (χ0v) is 19.6. The van der Waals surface area contributed by atoms with E-state index in [4.69, 9.17) is 18.9 Å². The van der Waals surface area contributed by atoms with E-state index < -0.39 is 0 Å². The van der Waals surface area contributed by atoms with Crippen molar-refractivity contribution in [1.82, 2.24) is 0 Å². The molecule has 1 heterocycles. The molecule has 0 bridgehead atoms. The highest BCUT2D eigenvalue weighted by Gasteiger charge is 2.15. The van der Waals surface area contributed by atoms with E-state index in [0.717, 1.165) is 56.0 Å². The van der Waals surface area contributed by atoms with E-state index >= 15 is 0 Å². The number of aryl methyl sites for hydroxylation is 4. The molecule has 164 valence electrons. The summed E-state index contributed by atoms with van der Waals surface area (Å²) in [5, 5.41) is 2.77. The van der Waals surface area contributed by atoms with E-state index in [1.165, 1.54) is 11.1 Å². The number of benzene rings is 2. The summed E-state index contributed by atoms with van der Waals surface area (Å²) in [6.07, 6.45) is 0. The molecule has 1 aromatic heterocycles. The summed E-state index contributed by atoms with van der Waals surface area (Å²) < 4.78 is 17.4. The molecule has 0 aliphatic carbocycles. The van der Waals surface area contributed by atoms with Gasteiger partial charge in [-0.25, -0.2) is 4.99 Å². The van der Waals surface area contributed by atoms with Gasteiger partial charge in [-0.1, -0.05) is 18.2 Å². The maximum absolute atomic E-state index is 6.00. The van der Waals surface area contributed by atoms with Crippen molar-refractivity contribution >= 4 is 16.5 Å². The minimum atomic E-state index is 0.642. The summed E-state index contributed by atoms with van der Waals surface area (Å²) in [6.45, 7) is 10.8. The third-order valence-electron chi connectivity index (χ3n) is 5.80. The van der Waals surface area contributed by atoms with Crippen molar-refractivity contribution in [3.8, 4) is 22.6 Å². The monoisotopic (exact) mass is 427 g/mol. The minimum Gasteiger partial charge on any atom is -0.496 e. The van der Waals surface area contributed by atoms with Gasteiger partial charge in [-0.15, -0.1) is 0 Å². The first-order valence-corrected chi connectivity index (χ1v) is 10.9. The Morgan fingerprint density at radius 2 is 1.50 bits per heavy atom. The van der Waals surface area contributed by atoms with Gasteiger partial charge in [0.2, 0.25) is 0 Å². The van der Waals surface area contributed by atoms with Crippen molar-refractivity contribution in [2.45, 2.75) is 34.6 Å². The van der Waals surface area contributed by atoms with Gasteiger partial charge in [0.15, 0.2) is 0 Å². The van der Waals surface area contributed by atoms with E-state index in [2.05, 4.69) is 56.3 Å². The lowest BCUT2D eigenvalue weighted by Gasteiger charge is -2.05. The highest BCUT2D eigenvalue weighted by atomic mass is 16.5. The third kappa shape index (κ3) is 4.13. The quantitative estimate of drug-likeness (QED) is 0.345. The van der Waals surface area contributed by atoms with Crippen LogP contribution >= 0.6 is 0 Å². The molecule has 4 heteroatoms. The number of methoxy groups -OCH3 is 1. The number of furan rings is 1. The summed E-state index contributed by atoms with van der Waals surface area (Å²) in [5.41, 5.74) is 5.46. The van der Waals surface area contributed by atoms with Crippen LogP contribution < -0.4 is 14.8 Å². The molecular formula is C28H29NO3. The molecule has 0 radical (unpaired) electrons. The number of nitrogens with zero attached hydrogens (tertiary/aromatic N) is 1. The van der Waals surface area contributed by atoms with E-state index in [9.17, 15) is 0 Å². The molecule has 0 fully saturated rings. The van der Waals surface area contributed by atoms with Gasteiger partial charge in [0.05, 0.1) is 35.5 Å². The van der Waals surface area contributed by atoms with Crippen LogP contribution in [0.15, 0.2) is 64.0 Å². The average Bonchev–Trinajstić information content (AvgIpc) is 2.97. The van der Waals surface area contributed by atoms with Crippen molar-refractivity contribution in [3.05, 3.63) is 82.6 Å². The number of hydrogen-bond donors (Lipinski definition) is 0. The Labute approximate surface area is 189 Å². The topological polar surface area (TPSA) is 44.0 Å². The molecule has 0 N–H and O–H groups in total. The first-order chi connectivity index (χ1) is 15.4. The van der Waals surface area contributed by atoms with E-state index in [0.29, 0.717) is 6.61 Å². The van der Waals surface area contributed by atoms with Crippen molar-refractivity contribution in [1.29, 1.82) is 0 Å². The summed E-state index contributed by atoms with van der Waals surface area (Å²) in [4.78, 5) is 5.05. The number of rotatable bonds is 5. The maximum atomic E-state index is 6.00. The van der Waals surface area contributed by atoms with Gasteiger partial charge in [-0.05, 0) is 93.3 Å². The number of ether oxygens (including phenoxy) is 2. The van der Waals surface area contributed by atoms with Crippen molar-refractivity contribution < 1.29 is 13.9 Å².